The molecule has 21 heavy (non-hydrogen) atoms. The molecule has 1 amide bonds. The predicted octanol–water partition coefficient (Wildman–Crippen LogP) is -0.0409. The summed E-state index contributed by atoms with van der Waals surface area (Å²) in [6.45, 7) is 0.189. The van der Waals surface area contributed by atoms with Crippen molar-refractivity contribution in [2.24, 2.45) is 0 Å². The van der Waals surface area contributed by atoms with Gasteiger partial charge in [0.1, 0.15) is 11.3 Å². The van der Waals surface area contributed by atoms with Crippen LogP contribution in [0.3, 0.4) is 0 Å². The molecule has 10 heteroatoms. The van der Waals surface area contributed by atoms with E-state index in [9.17, 15) is 32.7 Å². The SMILES string of the molecule is CC(O)(CNC(=O)c1ccc(C(F)(F)F)[nH]c1=O)C(=O)O. The number of alkyl halides is 3. The second kappa shape index (κ2) is 5.56. The van der Waals surface area contributed by atoms with E-state index in [1.54, 1.807) is 0 Å². The van der Waals surface area contributed by atoms with E-state index in [-0.39, 0.29) is 0 Å². The first-order chi connectivity index (χ1) is 9.45. The van der Waals surface area contributed by atoms with Crippen LogP contribution in [0.1, 0.15) is 23.0 Å². The molecule has 116 valence electrons. The lowest BCUT2D eigenvalue weighted by Crippen LogP contribution is -2.47. The molecule has 0 aromatic carbocycles. The van der Waals surface area contributed by atoms with Crippen LogP contribution in [0.15, 0.2) is 16.9 Å². The Morgan fingerprint density at radius 2 is 1.90 bits per heavy atom. The van der Waals surface area contributed by atoms with Crippen molar-refractivity contribution in [2.75, 3.05) is 6.54 Å². The van der Waals surface area contributed by atoms with Crippen LogP contribution in [0.2, 0.25) is 0 Å². The molecule has 1 heterocycles. The number of aromatic amines is 1. The normalized spacial score (nSPS) is 14.3. The number of carboxylic acid groups (broad SMARTS) is 1. The van der Waals surface area contributed by atoms with Crippen molar-refractivity contribution in [1.82, 2.24) is 10.3 Å². The first-order valence-corrected chi connectivity index (χ1v) is 5.49. The van der Waals surface area contributed by atoms with Crippen LogP contribution in [0.4, 0.5) is 13.2 Å². The van der Waals surface area contributed by atoms with E-state index < -0.39 is 47.0 Å². The standard InChI is InChI=1S/C11H11F3N2O5/c1-10(21,9(19)20)4-15-7(17)5-2-3-6(11(12,13)14)16-8(5)18/h2-3,21H,4H2,1H3,(H,15,17)(H,16,18)(H,19,20). The van der Waals surface area contributed by atoms with E-state index in [1.165, 1.54) is 4.98 Å². The average molecular weight is 308 g/mol. The van der Waals surface area contributed by atoms with Crippen molar-refractivity contribution < 1.29 is 33.0 Å². The van der Waals surface area contributed by atoms with Crippen molar-refractivity contribution in [3.63, 3.8) is 0 Å². The summed E-state index contributed by atoms with van der Waals surface area (Å²) in [6.07, 6.45) is -4.76. The molecule has 7 nitrogen and oxygen atoms in total. The van der Waals surface area contributed by atoms with E-state index in [0.29, 0.717) is 12.1 Å². The molecule has 1 aromatic heterocycles. The summed E-state index contributed by atoms with van der Waals surface area (Å²) in [5, 5.41) is 19.9. The number of rotatable bonds is 4. The van der Waals surface area contributed by atoms with Gasteiger partial charge >= 0.3 is 12.1 Å². The van der Waals surface area contributed by atoms with Gasteiger partial charge in [-0.1, -0.05) is 0 Å². The Labute approximate surface area is 115 Å². The number of pyridine rings is 1. The molecular weight excluding hydrogens is 297 g/mol. The number of nitrogens with one attached hydrogen (secondary N) is 2. The summed E-state index contributed by atoms with van der Waals surface area (Å²) in [6, 6.07) is 1.16. The Hall–Kier alpha value is -2.36. The summed E-state index contributed by atoms with van der Waals surface area (Å²) in [4.78, 5) is 35.1. The van der Waals surface area contributed by atoms with Gasteiger partial charge in [0.05, 0.1) is 6.54 Å². The largest absolute Gasteiger partial charge is 0.479 e. The maximum atomic E-state index is 12.3. The Balaban J connectivity index is 2.90. The molecule has 0 fully saturated rings. The molecule has 0 aliphatic heterocycles. The number of carboxylic acids is 1. The number of amides is 1. The van der Waals surface area contributed by atoms with Gasteiger partial charge in [0.15, 0.2) is 5.60 Å². The second-order valence-electron chi connectivity index (χ2n) is 4.37. The first-order valence-electron chi connectivity index (χ1n) is 5.49. The van der Waals surface area contributed by atoms with E-state index in [2.05, 4.69) is 0 Å². The molecular formula is C11H11F3N2O5. The number of carbonyl (C=O) groups excluding carboxylic acids is 1. The van der Waals surface area contributed by atoms with Gasteiger partial charge in [-0.25, -0.2) is 4.79 Å². The fourth-order valence-corrected chi connectivity index (χ4v) is 1.24. The third-order valence-corrected chi connectivity index (χ3v) is 2.51. The van der Waals surface area contributed by atoms with Gasteiger partial charge in [0.2, 0.25) is 0 Å². The van der Waals surface area contributed by atoms with Gasteiger partial charge in [-0.2, -0.15) is 13.2 Å². The van der Waals surface area contributed by atoms with Crippen LogP contribution in [-0.4, -0.2) is 39.2 Å². The van der Waals surface area contributed by atoms with Crippen LogP contribution < -0.4 is 10.9 Å². The predicted molar refractivity (Wildman–Crippen MR) is 62.7 cm³/mol. The highest BCUT2D eigenvalue weighted by Gasteiger charge is 2.33. The number of aliphatic carboxylic acids is 1. The van der Waals surface area contributed by atoms with Gasteiger partial charge < -0.3 is 20.5 Å². The molecule has 0 saturated carbocycles. The molecule has 1 aromatic rings. The molecule has 0 radical (unpaired) electrons. The van der Waals surface area contributed by atoms with E-state index in [1.807, 2.05) is 5.32 Å². The number of aliphatic hydroxyl groups is 1. The smallest absolute Gasteiger partial charge is 0.431 e. The van der Waals surface area contributed by atoms with Gasteiger partial charge in [-0.15, -0.1) is 0 Å². The maximum Gasteiger partial charge on any atom is 0.431 e. The summed E-state index contributed by atoms with van der Waals surface area (Å²) in [7, 11) is 0. The lowest BCUT2D eigenvalue weighted by Gasteiger charge is -2.18. The van der Waals surface area contributed by atoms with Crippen LogP contribution >= 0.6 is 0 Å². The highest BCUT2D eigenvalue weighted by atomic mass is 19.4. The minimum atomic E-state index is -4.76. The third kappa shape index (κ3) is 4.05. The zero-order valence-electron chi connectivity index (χ0n) is 10.6. The van der Waals surface area contributed by atoms with E-state index in [4.69, 9.17) is 5.11 Å². The van der Waals surface area contributed by atoms with E-state index >= 15 is 0 Å². The van der Waals surface area contributed by atoms with Crippen molar-refractivity contribution >= 4 is 11.9 Å². The van der Waals surface area contributed by atoms with Crippen molar-refractivity contribution in [3.8, 4) is 0 Å². The Bertz CT molecular complexity index is 621. The molecule has 1 atom stereocenters. The summed E-state index contributed by atoms with van der Waals surface area (Å²) in [5.41, 5.74) is -5.50. The number of carbonyl (C=O) groups is 2. The fourth-order valence-electron chi connectivity index (χ4n) is 1.24. The number of halogens is 3. The van der Waals surface area contributed by atoms with Crippen LogP contribution in [0.5, 0.6) is 0 Å². The summed E-state index contributed by atoms with van der Waals surface area (Å²) >= 11 is 0. The molecule has 1 unspecified atom stereocenters. The quantitative estimate of drug-likeness (QED) is 0.622. The number of aromatic nitrogens is 1. The molecule has 0 saturated heterocycles. The summed E-state index contributed by atoms with van der Waals surface area (Å²) < 4.78 is 37.0. The molecule has 0 aliphatic carbocycles. The van der Waals surface area contributed by atoms with Crippen molar-refractivity contribution in [3.05, 3.63) is 33.7 Å². The van der Waals surface area contributed by atoms with Gasteiger partial charge in [0, 0.05) is 0 Å². The van der Waals surface area contributed by atoms with Gasteiger partial charge in [-0.05, 0) is 19.1 Å². The average Bonchev–Trinajstić information content (AvgIpc) is 2.34. The Morgan fingerprint density at radius 1 is 1.33 bits per heavy atom. The lowest BCUT2D eigenvalue weighted by atomic mass is 10.1. The van der Waals surface area contributed by atoms with Crippen LogP contribution in [0, 0.1) is 0 Å². The molecule has 0 spiro atoms. The number of hydrogen-bond acceptors (Lipinski definition) is 4. The maximum absolute atomic E-state index is 12.3. The van der Waals surface area contributed by atoms with Gasteiger partial charge in [-0.3, -0.25) is 9.59 Å². The van der Waals surface area contributed by atoms with Gasteiger partial charge in [0.25, 0.3) is 11.5 Å². The fraction of sp³-hybridized carbons (Fsp3) is 0.364. The lowest BCUT2D eigenvalue weighted by molar-refractivity contribution is -0.155. The number of H-pyrrole nitrogens is 1. The van der Waals surface area contributed by atoms with Crippen LogP contribution in [0.25, 0.3) is 0 Å². The third-order valence-electron chi connectivity index (χ3n) is 2.51. The topological polar surface area (TPSA) is 119 Å². The molecule has 4 N–H and O–H groups in total. The minimum absolute atomic E-state index is 0.506. The number of hydrogen-bond donors (Lipinski definition) is 4. The summed E-state index contributed by atoms with van der Waals surface area (Å²) in [5.74, 6) is -2.71. The monoisotopic (exact) mass is 308 g/mol. The minimum Gasteiger partial charge on any atom is -0.479 e. The molecule has 1 rings (SSSR count). The Morgan fingerprint density at radius 3 is 2.33 bits per heavy atom. The van der Waals surface area contributed by atoms with Crippen molar-refractivity contribution in [2.45, 2.75) is 18.7 Å². The van der Waals surface area contributed by atoms with Crippen LogP contribution in [-0.2, 0) is 11.0 Å². The zero-order chi connectivity index (χ0) is 16.4. The Kier molecular flexibility index (Phi) is 4.42. The molecule has 0 aliphatic rings. The highest BCUT2D eigenvalue weighted by molar-refractivity contribution is 5.94. The van der Waals surface area contributed by atoms with E-state index in [0.717, 1.165) is 6.92 Å². The highest BCUT2D eigenvalue weighted by Crippen LogP contribution is 2.26. The molecule has 0 bridgehead atoms. The zero-order valence-corrected chi connectivity index (χ0v) is 10.6. The second-order valence-corrected chi connectivity index (χ2v) is 4.37. The van der Waals surface area contributed by atoms with Crippen molar-refractivity contribution in [1.29, 1.82) is 0 Å². The first kappa shape index (κ1) is 16.7.